The molecule has 3 N–H and O–H groups in total. The number of hydrogen-bond donors (Lipinski definition) is 3. The van der Waals surface area contributed by atoms with E-state index in [9.17, 15) is 19.2 Å². The number of aromatic nitrogens is 2. The largest absolute Gasteiger partial charge is 0.496 e. The van der Waals surface area contributed by atoms with Gasteiger partial charge in [-0.15, -0.1) is 0 Å². The molecule has 258 valence electrons. The predicted molar refractivity (Wildman–Crippen MR) is 182 cm³/mol. The van der Waals surface area contributed by atoms with Gasteiger partial charge in [0.1, 0.15) is 23.2 Å². The molecule has 0 saturated carbocycles. The van der Waals surface area contributed by atoms with Crippen LogP contribution in [0.15, 0.2) is 60.9 Å². The Labute approximate surface area is 284 Å². The van der Waals surface area contributed by atoms with Crippen molar-refractivity contribution in [3.05, 3.63) is 83.3 Å². The van der Waals surface area contributed by atoms with E-state index in [0.29, 0.717) is 64.7 Å². The number of aryl methyl sites for hydroxylation is 1. The molecular formula is C36H42N6O7. The topological polar surface area (TPSA) is 153 Å². The highest BCUT2D eigenvalue weighted by Crippen LogP contribution is 2.37. The standard InChI is InChI=1S/C36H42N6O7/c1-22(2)32-35(45)38-19-26-27(47-4)11-8-12-28(26)49-30-18-24(13-14-29(30)48-5)34(44)37-15-6-7-16-42(21-31(43)40-32)36(46)25-10-9-17-41-20-23(3)39-33(25)41/h8-14,17-18,20,22,32H,6-7,15-16,19,21H2,1-5H3,(H,37,44)(H,38,45)(H,40,43)/t32-/m1/s1. The van der Waals surface area contributed by atoms with Crippen molar-refractivity contribution in [1.29, 1.82) is 0 Å². The van der Waals surface area contributed by atoms with Crippen LogP contribution in [0.25, 0.3) is 5.65 Å². The number of nitrogens with zero attached hydrogens (tertiary/aromatic N) is 3. The van der Waals surface area contributed by atoms with Gasteiger partial charge in [-0.1, -0.05) is 19.9 Å². The Kier molecular flexibility index (Phi) is 11.0. The lowest BCUT2D eigenvalue weighted by atomic mass is 10.0. The van der Waals surface area contributed by atoms with Crippen LogP contribution in [0.1, 0.15) is 58.7 Å². The highest BCUT2D eigenvalue weighted by atomic mass is 16.5. The van der Waals surface area contributed by atoms with Crippen LogP contribution < -0.4 is 30.2 Å². The molecule has 0 fully saturated rings. The summed E-state index contributed by atoms with van der Waals surface area (Å²) < 4.78 is 19.1. The lowest BCUT2D eigenvalue weighted by molar-refractivity contribution is -0.130. The van der Waals surface area contributed by atoms with Crippen LogP contribution in [-0.2, 0) is 16.1 Å². The Bertz CT molecular complexity index is 1850. The minimum Gasteiger partial charge on any atom is -0.496 e. The Morgan fingerprint density at radius 1 is 0.980 bits per heavy atom. The normalized spacial score (nSPS) is 16.6. The van der Waals surface area contributed by atoms with E-state index in [0.717, 1.165) is 5.69 Å². The number of ether oxygens (including phenoxy) is 3. The Hall–Kier alpha value is -5.59. The summed E-state index contributed by atoms with van der Waals surface area (Å²) in [6, 6.07) is 12.7. The van der Waals surface area contributed by atoms with E-state index in [4.69, 9.17) is 14.2 Å². The summed E-state index contributed by atoms with van der Waals surface area (Å²) in [5, 5.41) is 8.68. The van der Waals surface area contributed by atoms with E-state index >= 15 is 0 Å². The van der Waals surface area contributed by atoms with Crippen LogP contribution >= 0.6 is 0 Å². The van der Waals surface area contributed by atoms with Crippen molar-refractivity contribution in [1.82, 2.24) is 30.2 Å². The first-order valence-electron chi connectivity index (χ1n) is 16.2. The second-order valence-corrected chi connectivity index (χ2v) is 12.1. The highest BCUT2D eigenvalue weighted by molar-refractivity contribution is 6.01. The number of nitrogens with one attached hydrogen (secondary N) is 3. The molecule has 4 aromatic rings. The zero-order chi connectivity index (χ0) is 35.1. The van der Waals surface area contributed by atoms with E-state index < -0.39 is 17.9 Å². The third-order valence-electron chi connectivity index (χ3n) is 8.26. The Balaban J connectivity index is 1.47. The lowest BCUT2D eigenvalue weighted by Gasteiger charge is -2.26. The monoisotopic (exact) mass is 670 g/mol. The van der Waals surface area contributed by atoms with Gasteiger partial charge in [0, 0.05) is 31.0 Å². The van der Waals surface area contributed by atoms with Gasteiger partial charge in [0.15, 0.2) is 11.5 Å². The van der Waals surface area contributed by atoms with Gasteiger partial charge in [-0.3, -0.25) is 19.2 Å². The highest BCUT2D eigenvalue weighted by Gasteiger charge is 2.28. The van der Waals surface area contributed by atoms with Crippen molar-refractivity contribution < 1.29 is 33.4 Å². The summed E-state index contributed by atoms with van der Waals surface area (Å²) in [7, 11) is 3.02. The maximum atomic E-state index is 13.9. The van der Waals surface area contributed by atoms with Gasteiger partial charge >= 0.3 is 0 Å². The summed E-state index contributed by atoms with van der Waals surface area (Å²) in [6.07, 6.45) is 4.67. The smallest absolute Gasteiger partial charge is 0.258 e. The van der Waals surface area contributed by atoms with Gasteiger partial charge in [0.25, 0.3) is 11.8 Å². The van der Waals surface area contributed by atoms with Crippen molar-refractivity contribution >= 4 is 29.3 Å². The fraction of sp³-hybridized carbons (Fsp3) is 0.361. The minimum absolute atomic E-state index is 0.0120. The second-order valence-electron chi connectivity index (χ2n) is 12.1. The molecule has 5 rings (SSSR count). The van der Waals surface area contributed by atoms with Crippen molar-refractivity contribution in [2.24, 2.45) is 5.92 Å². The maximum Gasteiger partial charge on any atom is 0.258 e. The number of rotatable bonds is 4. The molecule has 2 aromatic heterocycles. The summed E-state index contributed by atoms with van der Waals surface area (Å²) in [4.78, 5) is 60.2. The number of amides is 4. The number of methoxy groups -OCH3 is 2. The molecule has 13 heteroatoms. The zero-order valence-electron chi connectivity index (χ0n) is 28.4. The first-order chi connectivity index (χ1) is 23.6. The molecule has 0 aliphatic carbocycles. The molecule has 1 aliphatic heterocycles. The number of fused-ring (bicyclic) bond motifs is 4. The zero-order valence-corrected chi connectivity index (χ0v) is 28.4. The van der Waals surface area contributed by atoms with Gasteiger partial charge < -0.3 is 39.5 Å². The molecule has 0 radical (unpaired) electrons. The number of imidazole rings is 1. The van der Waals surface area contributed by atoms with E-state index in [-0.39, 0.29) is 37.4 Å². The van der Waals surface area contributed by atoms with Crippen LogP contribution in [0, 0.1) is 12.8 Å². The fourth-order valence-electron chi connectivity index (χ4n) is 5.69. The number of benzene rings is 2. The Morgan fingerprint density at radius 3 is 2.53 bits per heavy atom. The van der Waals surface area contributed by atoms with Crippen molar-refractivity contribution in [2.75, 3.05) is 33.9 Å². The summed E-state index contributed by atoms with van der Waals surface area (Å²) in [5.41, 5.74) is 2.50. The molecule has 2 bridgehead atoms. The minimum atomic E-state index is -0.889. The van der Waals surface area contributed by atoms with Crippen molar-refractivity contribution in [2.45, 2.75) is 46.2 Å². The van der Waals surface area contributed by atoms with Crippen LogP contribution in [-0.4, -0.2) is 77.8 Å². The number of hydrogen-bond acceptors (Lipinski definition) is 8. The molecule has 0 spiro atoms. The van der Waals surface area contributed by atoms with Gasteiger partial charge in [0.2, 0.25) is 11.8 Å². The number of carbonyl (C=O) groups excluding carboxylic acids is 4. The summed E-state index contributed by atoms with van der Waals surface area (Å²) in [6.45, 7) is 5.81. The molecule has 49 heavy (non-hydrogen) atoms. The van der Waals surface area contributed by atoms with Gasteiger partial charge in [-0.25, -0.2) is 4.98 Å². The van der Waals surface area contributed by atoms with Crippen LogP contribution in [0.3, 0.4) is 0 Å². The van der Waals surface area contributed by atoms with Crippen LogP contribution in [0.2, 0.25) is 0 Å². The molecule has 0 unspecified atom stereocenters. The van der Waals surface area contributed by atoms with Crippen molar-refractivity contribution in [3.8, 4) is 23.0 Å². The first-order valence-corrected chi connectivity index (χ1v) is 16.2. The average molecular weight is 671 g/mol. The number of pyridine rings is 1. The van der Waals surface area contributed by atoms with Gasteiger partial charge in [-0.05, 0) is 68.1 Å². The van der Waals surface area contributed by atoms with E-state index in [1.54, 1.807) is 52.9 Å². The fourth-order valence-corrected chi connectivity index (χ4v) is 5.69. The SMILES string of the molecule is COc1ccc2cc1Oc1cccc(OC)c1CNC(=O)[C@@H](C(C)C)NC(=O)CN(C(=O)c1cccn3cc(C)nc13)CCCCNC2=O. The molecule has 4 amide bonds. The third-order valence-corrected chi connectivity index (χ3v) is 8.26. The molecule has 0 saturated heterocycles. The van der Waals surface area contributed by atoms with Crippen molar-refractivity contribution in [3.63, 3.8) is 0 Å². The first kappa shape index (κ1) is 34.7. The van der Waals surface area contributed by atoms with Gasteiger partial charge in [0.05, 0.1) is 44.1 Å². The second kappa shape index (κ2) is 15.5. The summed E-state index contributed by atoms with van der Waals surface area (Å²) >= 11 is 0. The average Bonchev–Trinajstić information content (AvgIpc) is 3.48. The molecule has 2 aromatic carbocycles. The van der Waals surface area contributed by atoms with E-state index in [2.05, 4.69) is 20.9 Å². The molecule has 3 heterocycles. The van der Waals surface area contributed by atoms with Crippen LogP contribution in [0.5, 0.6) is 23.0 Å². The summed E-state index contributed by atoms with van der Waals surface area (Å²) in [5.74, 6) is -0.284. The van der Waals surface area contributed by atoms with E-state index in [1.165, 1.54) is 19.1 Å². The third kappa shape index (κ3) is 8.11. The molecular weight excluding hydrogens is 628 g/mol. The number of carbonyl (C=O) groups is 4. The van der Waals surface area contributed by atoms with Crippen LogP contribution in [0.4, 0.5) is 0 Å². The molecule has 1 aliphatic rings. The Morgan fingerprint density at radius 2 is 1.78 bits per heavy atom. The quantitative estimate of drug-likeness (QED) is 0.296. The maximum absolute atomic E-state index is 13.9. The van der Waals surface area contributed by atoms with Gasteiger partial charge in [-0.2, -0.15) is 0 Å². The lowest BCUT2D eigenvalue weighted by Crippen LogP contribution is -2.52. The molecule has 13 nitrogen and oxygen atoms in total. The molecule has 1 atom stereocenters. The van der Waals surface area contributed by atoms with E-state index in [1.807, 2.05) is 33.2 Å². The predicted octanol–water partition coefficient (Wildman–Crippen LogP) is 3.88.